The first-order valence-electron chi connectivity index (χ1n) is 7.87. The molecule has 0 amide bonds. The van der Waals surface area contributed by atoms with E-state index in [1.54, 1.807) is 0 Å². The summed E-state index contributed by atoms with van der Waals surface area (Å²) < 4.78 is 11.0. The lowest BCUT2D eigenvalue weighted by atomic mass is 9.99. The van der Waals surface area contributed by atoms with Crippen molar-refractivity contribution in [1.29, 1.82) is 0 Å². The molecule has 0 aliphatic carbocycles. The molecule has 122 valence electrons. The van der Waals surface area contributed by atoms with Gasteiger partial charge >= 0.3 is 0 Å². The quantitative estimate of drug-likeness (QED) is 0.797. The first kappa shape index (κ1) is 17.1. The maximum absolute atomic E-state index is 12.3. The van der Waals surface area contributed by atoms with Crippen molar-refractivity contribution in [2.24, 2.45) is 5.92 Å². The van der Waals surface area contributed by atoms with Crippen LogP contribution in [0, 0.1) is 5.92 Å². The number of piperidine rings is 1. The Balaban J connectivity index is 0.00000176. The normalized spacial score (nSPS) is 18.6. The standard InChI is InChI=1S/C17H23NO3.ClH/c1-13-4-7-18(8-5-13)9-6-15(19)14-2-3-16-17(12-14)21-11-10-20-16;/h2-3,12-13H,4-11H2,1H3;1H. The molecule has 1 saturated heterocycles. The third kappa shape index (κ3) is 4.14. The fraction of sp³-hybridized carbons (Fsp3) is 0.588. The fourth-order valence-electron chi connectivity index (χ4n) is 2.91. The molecule has 0 aromatic heterocycles. The fourth-order valence-corrected chi connectivity index (χ4v) is 2.91. The first-order valence-corrected chi connectivity index (χ1v) is 7.87. The van der Waals surface area contributed by atoms with Gasteiger partial charge in [0, 0.05) is 18.5 Å². The number of carbonyl (C=O) groups is 1. The van der Waals surface area contributed by atoms with Crippen LogP contribution >= 0.6 is 12.4 Å². The van der Waals surface area contributed by atoms with Crippen LogP contribution in [0.15, 0.2) is 18.2 Å². The average molecular weight is 326 g/mol. The molecule has 3 rings (SSSR count). The van der Waals surface area contributed by atoms with Crippen LogP contribution in [0.4, 0.5) is 0 Å². The van der Waals surface area contributed by atoms with Gasteiger partial charge in [0.25, 0.3) is 0 Å². The molecule has 0 bridgehead atoms. The van der Waals surface area contributed by atoms with Crippen LogP contribution in [0.3, 0.4) is 0 Å². The molecule has 1 fully saturated rings. The predicted octanol–water partition coefficient (Wildman–Crippen LogP) is 3.18. The monoisotopic (exact) mass is 325 g/mol. The predicted molar refractivity (Wildman–Crippen MR) is 88.5 cm³/mol. The number of Topliss-reactive ketones (excluding diaryl/α,β-unsaturated/α-hetero) is 1. The molecule has 0 unspecified atom stereocenters. The van der Waals surface area contributed by atoms with Gasteiger partial charge in [-0.1, -0.05) is 6.92 Å². The number of fused-ring (bicyclic) bond motifs is 1. The molecule has 1 aromatic rings. The van der Waals surface area contributed by atoms with Crippen molar-refractivity contribution in [3.8, 4) is 11.5 Å². The second-order valence-electron chi connectivity index (χ2n) is 6.06. The maximum Gasteiger partial charge on any atom is 0.164 e. The molecular weight excluding hydrogens is 302 g/mol. The molecule has 2 aliphatic rings. The number of hydrogen-bond acceptors (Lipinski definition) is 4. The van der Waals surface area contributed by atoms with Gasteiger partial charge in [-0.05, 0) is 50.0 Å². The van der Waals surface area contributed by atoms with E-state index < -0.39 is 0 Å². The number of hydrogen-bond donors (Lipinski definition) is 0. The van der Waals surface area contributed by atoms with Crippen LogP contribution in [0.25, 0.3) is 0 Å². The van der Waals surface area contributed by atoms with Crippen molar-refractivity contribution in [3.05, 3.63) is 23.8 Å². The Kier molecular flexibility index (Phi) is 6.09. The van der Waals surface area contributed by atoms with Crippen LogP contribution in [-0.2, 0) is 0 Å². The number of likely N-dealkylation sites (tertiary alicyclic amines) is 1. The minimum atomic E-state index is 0. The molecule has 2 heterocycles. The topological polar surface area (TPSA) is 38.8 Å². The average Bonchev–Trinajstić information content (AvgIpc) is 2.53. The van der Waals surface area contributed by atoms with E-state index in [0.717, 1.165) is 36.9 Å². The first-order chi connectivity index (χ1) is 10.2. The number of benzene rings is 1. The Hall–Kier alpha value is -1.26. The van der Waals surface area contributed by atoms with Gasteiger partial charge in [-0.3, -0.25) is 4.79 Å². The number of rotatable bonds is 4. The Morgan fingerprint density at radius 1 is 1.18 bits per heavy atom. The van der Waals surface area contributed by atoms with Crippen molar-refractivity contribution < 1.29 is 14.3 Å². The van der Waals surface area contributed by atoms with Crippen molar-refractivity contribution in [2.75, 3.05) is 32.8 Å². The van der Waals surface area contributed by atoms with E-state index in [1.807, 2.05) is 18.2 Å². The highest BCUT2D eigenvalue weighted by Gasteiger charge is 2.18. The molecule has 2 aliphatic heterocycles. The Labute approximate surface area is 138 Å². The van der Waals surface area contributed by atoms with Crippen molar-refractivity contribution >= 4 is 18.2 Å². The zero-order valence-electron chi connectivity index (χ0n) is 13.0. The minimum Gasteiger partial charge on any atom is -0.486 e. The van der Waals surface area contributed by atoms with E-state index in [-0.39, 0.29) is 18.2 Å². The smallest absolute Gasteiger partial charge is 0.164 e. The lowest BCUT2D eigenvalue weighted by Crippen LogP contribution is -2.34. The second-order valence-corrected chi connectivity index (χ2v) is 6.06. The molecule has 5 heteroatoms. The van der Waals surface area contributed by atoms with Gasteiger partial charge in [0.2, 0.25) is 0 Å². The van der Waals surface area contributed by atoms with Crippen LogP contribution in [0.5, 0.6) is 11.5 Å². The van der Waals surface area contributed by atoms with E-state index in [4.69, 9.17) is 9.47 Å². The Morgan fingerprint density at radius 2 is 1.86 bits per heavy atom. The van der Waals surface area contributed by atoms with Gasteiger partial charge in [-0.15, -0.1) is 12.4 Å². The molecule has 4 nitrogen and oxygen atoms in total. The largest absolute Gasteiger partial charge is 0.486 e. The second kappa shape index (κ2) is 7.84. The third-order valence-electron chi connectivity index (χ3n) is 4.40. The number of nitrogens with zero attached hydrogens (tertiary/aromatic N) is 1. The van der Waals surface area contributed by atoms with Crippen LogP contribution in [-0.4, -0.2) is 43.5 Å². The molecule has 22 heavy (non-hydrogen) atoms. The van der Waals surface area contributed by atoms with Crippen molar-refractivity contribution in [3.63, 3.8) is 0 Å². The summed E-state index contributed by atoms with van der Waals surface area (Å²) in [6, 6.07) is 5.49. The summed E-state index contributed by atoms with van der Waals surface area (Å²) in [6.07, 6.45) is 3.07. The molecule has 0 spiro atoms. The maximum atomic E-state index is 12.3. The van der Waals surface area contributed by atoms with Crippen molar-refractivity contribution in [1.82, 2.24) is 4.90 Å². The van der Waals surface area contributed by atoms with Gasteiger partial charge < -0.3 is 14.4 Å². The van der Waals surface area contributed by atoms with Gasteiger partial charge in [0.15, 0.2) is 17.3 Å². The highest BCUT2D eigenvalue weighted by atomic mass is 35.5. The van der Waals surface area contributed by atoms with E-state index in [2.05, 4.69) is 11.8 Å². The lowest BCUT2D eigenvalue weighted by Gasteiger charge is -2.29. The van der Waals surface area contributed by atoms with E-state index in [0.29, 0.717) is 25.4 Å². The van der Waals surface area contributed by atoms with Crippen LogP contribution in [0.2, 0.25) is 0 Å². The third-order valence-corrected chi connectivity index (χ3v) is 4.40. The zero-order valence-corrected chi connectivity index (χ0v) is 13.9. The summed E-state index contributed by atoms with van der Waals surface area (Å²) in [5.74, 6) is 2.45. The van der Waals surface area contributed by atoms with E-state index in [9.17, 15) is 4.79 Å². The highest BCUT2D eigenvalue weighted by molar-refractivity contribution is 5.96. The summed E-state index contributed by atoms with van der Waals surface area (Å²) in [4.78, 5) is 14.7. The van der Waals surface area contributed by atoms with Gasteiger partial charge in [-0.25, -0.2) is 0 Å². The number of halogens is 1. The SMILES string of the molecule is CC1CCN(CCC(=O)c2ccc3c(c2)OCCO3)CC1.Cl. The van der Waals surface area contributed by atoms with Gasteiger partial charge in [-0.2, -0.15) is 0 Å². The highest BCUT2D eigenvalue weighted by Crippen LogP contribution is 2.31. The Morgan fingerprint density at radius 3 is 2.59 bits per heavy atom. The lowest BCUT2D eigenvalue weighted by molar-refractivity contribution is 0.0951. The molecule has 0 atom stereocenters. The van der Waals surface area contributed by atoms with Crippen LogP contribution < -0.4 is 9.47 Å². The van der Waals surface area contributed by atoms with Gasteiger partial charge in [0.05, 0.1) is 0 Å². The summed E-state index contributed by atoms with van der Waals surface area (Å²) in [6.45, 7) is 6.53. The van der Waals surface area contributed by atoms with Crippen LogP contribution in [0.1, 0.15) is 36.5 Å². The zero-order chi connectivity index (χ0) is 14.7. The molecular formula is C17H24ClNO3. The van der Waals surface area contributed by atoms with E-state index in [1.165, 1.54) is 12.8 Å². The summed E-state index contributed by atoms with van der Waals surface area (Å²) in [5, 5.41) is 0. The molecule has 0 N–H and O–H groups in total. The van der Waals surface area contributed by atoms with E-state index >= 15 is 0 Å². The minimum absolute atomic E-state index is 0. The van der Waals surface area contributed by atoms with Gasteiger partial charge in [0.1, 0.15) is 13.2 Å². The summed E-state index contributed by atoms with van der Waals surface area (Å²) in [7, 11) is 0. The number of ether oxygens (including phenoxy) is 2. The molecule has 1 aromatic carbocycles. The molecule has 0 radical (unpaired) electrons. The summed E-state index contributed by atoms with van der Waals surface area (Å²) in [5.41, 5.74) is 0.727. The number of ketones is 1. The Bertz CT molecular complexity index is 513. The van der Waals surface area contributed by atoms with Crippen molar-refractivity contribution in [2.45, 2.75) is 26.2 Å². The molecule has 0 saturated carbocycles. The summed E-state index contributed by atoms with van der Waals surface area (Å²) >= 11 is 0. The number of carbonyl (C=O) groups excluding carboxylic acids is 1.